The molecule has 5 nitrogen and oxygen atoms in total. The summed E-state index contributed by atoms with van der Waals surface area (Å²) in [7, 11) is 1.46. The predicted octanol–water partition coefficient (Wildman–Crippen LogP) is -0.811. The molecular formula is C10H20N2O3. The minimum absolute atomic E-state index is 0.134. The van der Waals surface area contributed by atoms with Crippen LogP contribution < -0.4 is 5.73 Å². The van der Waals surface area contributed by atoms with E-state index in [2.05, 4.69) is 0 Å². The molecule has 0 saturated carbocycles. The number of methoxy groups -OCH3 is 1. The number of β-amino-alcohol motifs (C(OH)–C–C–N with tert-alkyl or cyclic N) is 1. The van der Waals surface area contributed by atoms with Crippen LogP contribution in [-0.2, 0) is 9.53 Å². The summed E-state index contributed by atoms with van der Waals surface area (Å²) in [5, 5.41) is 9.97. The van der Waals surface area contributed by atoms with Gasteiger partial charge >= 0.3 is 0 Å². The van der Waals surface area contributed by atoms with E-state index in [1.54, 1.807) is 4.90 Å². The van der Waals surface area contributed by atoms with Crippen LogP contribution in [0.2, 0.25) is 0 Å². The molecule has 1 aliphatic rings. The van der Waals surface area contributed by atoms with E-state index in [0.29, 0.717) is 13.1 Å². The molecule has 1 rings (SSSR count). The topological polar surface area (TPSA) is 75.8 Å². The van der Waals surface area contributed by atoms with Crippen LogP contribution >= 0.6 is 0 Å². The van der Waals surface area contributed by atoms with Crippen molar-refractivity contribution in [2.45, 2.75) is 25.6 Å². The Morgan fingerprint density at radius 1 is 1.60 bits per heavy atom. The van der Waals surface area contributed by atoms with E-state index < -0.39 is 11.7 Å². The van der Waals surface area contributed by atoms with Gasteiger partial charge in [0.1, 0.15) is 11.7 Å². The largest absolute Gasteiger partial charge is 0.386 e. The third-order valence-corrected chi connectivity index (χ3v) is 3.09. The van der Waals surface area contributed by atoms with Gasteiger partial charge < -0.3 is 20.5 Å². The van der Waals surface area contributed by atoms with Gasteiger partial charge in [-0.2, -0.15) is 0 Å². The number of carbonyl (C=O) groups is 1. The second-order valence-corrected chi connectivity index (χ2v) is 4.41. The van der Waals surface area contributed by atoms with E-state index in [9.17, 15) is 9.90 Å². The lowest BCUT2D eigenvalue weighted by atomic mass is 9.83. The van der Waals surface area contributed by atoms with Gasteiger partial charge in [0.25, 0.3) is 5.91 Å². The van der Waals surface area contributed by atoms with Gasteiger partial charge in [0.15, 0.2) is 0 Å². The Morgan fingerprint density at radius 3 is 2.47 bits per heavy atom. The van der Waals surface area contributed by atoms with Crippen molar-refractivity contribution in [3.05, 3.63) is 0 Å². The second-order valence-electron chi connectivity index (χ2n) is 4.41. The molecule has 0 aromatic heterocycles. The van der Waals surface area contributed by atoms with E-state index >= 15 is 0 Å². The molecule has 0 radical (unpaired) electrons. The molecule has 3 N–H and O–H groups in total. The fourth-order valence-electron chi connectivity index (χ4n) is 1.64. The number of nitrogens with two attached hydrogens (primary N) is 1. The molecule has 15 heavy (non-hydrogen) atoms. The Balaban J connectivity index is 2.48. The molecule has 0 aromatic carbocycles. The smallest absolute Gasteiger partial charge is 0.253 e. The highest BCUT2D eigenvalue weighted by atomic mass is 16.5. The highest BCUT2D eigenvalue weighted by Crippen LogP contribution is 2.28. The first kappa shape index (κ1) is 12.4. The predicted molar refractivity (Wildman–Crippen MR) is 56.2 cm³/mol. The number of rotatable bonds is 4. The minimum atomic E-state index is -0.734. The van der Waals surface area contributed by atoms with Crippen molar-refractivity contribution >= 4 is 5.91 Å². The zero-order chi connectivity index (χ0) is 11.6. The van der Waals surface area contributed by atoms with E-state index in [4.69, 9.17) is 10.5 Å². The fraction of sp³-hybridized carbons (Fsp3) is 0.900. The molecule has 0 bridgehead atoms. The first-order valence-electron chi connectivity index (χ1n) is 5.18. The quantitative estimate of drug-likeness (QED) is 0.644. The Bertz CT molecular complexity index is 233. The molecule has 1 unspecified atom stereocenters. The maximum atomic E-state index is 11.7. The highest BCUT2D eigenvalue weighted by Gasteiger charge is 2.46. The van der Waals surface area contributed by atoms with Crippen molar-refractivity contribution in [3.63, 3.8) is 0 Å². The van der Waals surface area contributed by atoms with Gasteiger partial charge in [-0.25, -0.2) is 0 Å². The molecule has 1 aliphatic heterocycles. The molecule has 1 fully saturated rings. The first-order chi connectivity index (χ1) is 6.94. The molecular weight excluding hydrogens is 196 g/mol. The summed E-state index contributed by atoms with van der Waals surface area (Å²) >= 11 is 0. The van der Waals surface area contributed by atoms with Crippen LogP contribution in [0.25, 0.3) is 0 Å². The molecule has 5 heteroatoms. The van der Waals surface area contributed by atoms with Crippen LogP contribution in [0.5, 0.6) is 0 Å². The maximum Gasteiger partial charge on any atom is 0.253 e. The SMILES string of the molecule is COC(CN)C(=O)N1CC(O)(C(C)C)C1. The van der Waals surface area contributed by atoms with Crippen molar-refractivity contribution in [1.29, 1.82) is 0 Å². The van der Waals surface area contributed by atoms with E-state index in [-0.39, 0.29) is 18.4 Å². The molecule has 1 atom stereocenters. The standard InChI is InChI=1S/C10H20N2O3/c1-7(2)10(14)5-12(6-10)9(13)8(4-11)15-3/h7-8,14H,4-6,11H2,1-3H3. The number of aliphatic hydroxyl groups is 1. The molecule has 1 saturated heterocycles. The van der Waals surface area contributed by atoms with Crippen molar-refractivity contribution in [1.82, 2.24) is 4.90 Å². The van der Waals surface area contributed by atoms with Crippen molar-refractivity contribution in [2.75, 3.05) is 26.7 Å². The molecule has 0 aliphatic carbocycles. The van der Waals surface area contributed by atoms with Crippen molar-refractivity contribution in [2.24, 2.45) is 11.7 Å². The minimum Gasteiger partial charge on any atom is -0.386 e. The van der Waals surface area contributed by atoms with Crippen LogP contribution in [0.15, 0.2) is 0 Å². The Morgan fingerprint density at radius 2 is 2.13 bits per heavy atom. The molecule has 0 aromatic rings. The number of amides is 1. The molecule has 1 amide bonds. The number of hydrogen-bond acceptors (Lipinski definition) is 4. The number of hydrogen-bond donors (Lipinski definition) is 2. The zero-order valence-corrected chi connectivity index (χ0v) is 9.56. The van der Waals surface area contributed by atoms with Crippen molar-refractivity contribution in [3.8, 4) is 0 Å². The van der Waals surface area contributed by atoms with E-state index in [1.807, 2.05) is 13.8 Å². The lowest BCUT2D eigenvalue weighted by Crippen LogP contribution is -2.67. The third kappa shape index (κ3) is 2.30. The molecule has 88 valence electrons. The van der Waals surface area contributed by atoms with Gasteiger partial charge in [0.05, 0.1) is 13.1 Å². The normalized spacial score (nSPS) is 21.3. The summed E-state index contributed by atoms with van der Waals surface area (Å²) in [4.78, 5) is 13.3. The zero-order valence-electron chi connectivity index (χ0n) is 9.56. The van der Waals surface area contributed by atoms with Crippen molar-refractivity contribution < 1.29 is 14.6 Å². The number of nitrogens with zero attached hydrogens (tertiary/aromatic N) is 1. The number of likely N-dealkylation sites (tertiary alicyclic amines) is 1. The summed E-state index contributed by atoms with van der Waals surface area (Å²) in [5.41, 5.74) is 4.66. The lowest BCUT2D eigenvalue weighted by molar-refractivity contribution is -0.172. The van der Waals surface area contributed by atoms with E-state index in [1.165, 1.54) is 7.11 Å². The van der Waals surface area contributed by atoms with Crippen LogP contribution in [0, 0.1) is 5.92 Å². The van der Waals surface area contributed by atoms with Gasteiger partial charge in [0.2, 0.25) is 0 Å². The first-order valence-corrected chi connectivity index (χ1v) is 5.18. The summed E-state index contributed by atoms with van der Waals surface area (Å²) in [5.74, 6) is 0.0192. The Hall–Kier alpha value is -0.650. The molecule has 0 spiro atoms. The lowest BCUT2D eigenvalue weighted by Gasteiger charge is -2.49. The van der Waals surface area contributed by atoms with Gasteiger partial charge in [0, 0.05) is 13.7 Å². The summed E-state index contributed by atoms with van der Waals surface area (Å²) < 4.78 is 4.95. The van der Waals surface area contributed by atoms with Crippen LogP contribution in [-0.4, -0.2) is 54.4 Å². The van der Waals surface area contributed by atoms with Crippen LogP contribution in [0.4, 0.5) is 0 Å². The highest BCUT2D eigenvalue weighted by molar-refractivity contribution is 5.82. The molecule has 1 heterocycles. The fourth-order valence-corrected chi connectivity index (χ4v) is 1.64. The van der Waals surface area contributed by atoms with Gasteiger partial charge in [-0.05, 0) is 5.92 Å². The van der Waals surface area contributed by atoms with Crippen LogP contribution in [0.3, 0.4) is 0 Å². The van der Waals surface area contributed by atoms with Gasteiger partial charge in [-0.3, -0.25) is 4.79 Å². The Kier molecular flexibility index (Phi) is 3.70. The summed E-state index contributed by atoms with van der Waals surface area (Å²) in [6.07, 6.45) is -0.582. The van der Waals surface area contributed by atoms with Gasteiger partial charge in [-0.15, -0.1) is 0 Å². The second kappa shape index (κ2) is 4.47. The third-order valence-electron chi connectivity index (χ3n) is 3.09. The number of ether oxygens (including phenoxy) is 1. The maximum absolute atomic E-state index is 11.7. The van der Waals surface area contributed by atoms with Crippen LogP contribution in [0.1, 0.15) is 13.8 Å². The summed E-state index contributed by atoms with van der Waals surface area (Å²) in [6.45, 7) is 4.82. The summed E-state index contributed by atoms with van der Waals surface area (Å²) in [6, 6.07) is 0. The van der Waals surface area contributed by atoms with E-state index in [0.717, 1.165) is 0 Å². The average Bonchev–Trinajstić information content (AvgIpc) is 2.14. The average molecular weight is 216 g/mol. The monoisotopic (exact) mass is 216 g/mol. The number of carbonyl (C=O) groups excluding carboxylic acids is 1. The Labute approximate surface area is 90.2 Å². The van der Waals surface area contributed by atoms with Gasteiger partial charge in [-0.1, -0.05) is 13.8 Å².